The Hall–Kier alpha value is -0.0800. The summed E-state index contributed by atoms with van der Waals surface area (Å²) in [4.78, 5) is 0. The van der Waals surface area contributed by atoms with Crippen LogP contribution in [-0.2, 0) is 0 Å². The zero-order chi connectivity index (χ0) is 9.90. The van der Waals surface area contributed by atoms with Gasteiger partial charge in [-0.05, 0) is 37.1 Å². The lowest BCUT2D eigenvalue weighted by Gasteiger charge is -2.31. The summed E-state index contributed by atoms with van der Waals surface area (Å²) in [5, 5.41) is 12.5. The van der Waals surface area contributed by atoms with Crippen LogP contribution in [0, 0.1) is 11.3 Å². The predicted octanol–water partition coefficient (Wildman–Crippen LogP) is 1.78. The summed E-state index contributed by atoms with van der Waals surface area (Å²) in [6.45, 7) is 8.12. The van der Waals surface area contributed by atoms with Crippen LogP contribution in [0.5, 0.6) is 0 Å². The van der Waals surface area contributed by atoms with Gasteiger partial charge < -0.3 is 10.4 Å². The molecule has 1 atom stereocenters. The van der Waals surface area contributed by atoms with E-state index in [4.69, 9.17) is 5.11 Å². The second-order valence-corrected chi connectivity index (χ2v) is 5.28. The van der Waals surface area contributed by atoms with Crippen LogP contribution >= 0.6 is 0 Å². The Kier molecular flexibility index (Phi) is 3.74. The molecule has 1 unspecified atom stereocenters. The monoisotopic (exact) mass is 185 g/mol. The molecule has 0 heterocycles. The molecule has 2 N–H and O–H groups in total. The Morgan fingerprint density at radius 2 is 2.00 bits per heavy atom. The molecule has 0 bridgehead atoms. The normalized spacial score (nSPS) is 20.3. The lowest BCUT2D eigenvalue weighted by Crippen LogP contribution is -2.41. The van der Waals surface area contributed by atoms with E-state index in [2.05, 4.69) is 26.1 Å². The van der Waals surface area contributed by atoms with Crippen molar-refractivity contribution in [3.05, 3.63) is 0 Å². The number of rotatable bonds is 5. The van der Waals surface area contributed by atoms with Gasteiger partial charge in [0, 0.05) is 12.6 Å². The van der Waals surface area contributed by atoms with Crippen LogP contribution < -0.4 is 5.32 Å². The van der Waals surface area contributed by atoms with Gasteiger partial charge >= 0.3 is 0 Å². The summed E-state index contributed by atoms with van der Waals surface area (Å²) >= 11 is 0. The third-order valence-electron chi connectivity index (χ3n) is 2.81. The minimum absolute atomic E-state index is 0.262. The highest BCUT2D eigenvalue weighted by atomic mass is 16.3. The van der Waals surface area contributed by atoms with Crippen LogP contribution in [0.15, 0.2) is 0 Å². The number of hydrogen-bond acceptors (Lipinski definition) is 2. The first kappa shape index (κ1) is 11.0. The molecule has 0 aromatic heterocycles. The summed E-state index contributed by atoms with van der Waals surface area (Å²) in [6.07, 6.45) is 3.65. The van der Waals surface area contributed by atoms with Gasteiger partial charge in [-0.2, -0.15) is 0 Å². The summed E-state index contributed by atoms with van der Waals surface area (Å²) < 4.78 is 0. The quantitative estimate of drug-likeness (QED) is 0.684. The highest BCUT2D eigenvalue weighted by Gasteiger charge is 2.27. The van der Waals surface area contributed by atoms with Crippen molar-refractivity contribution in [2.24, 2.45) is 11.3 Å². The smallest absolute Gasteiger partial charge is 0.0446 e. The summed E-state index contributed by atoms with van der Waals surface area (Å²) in [5.41, 5.74) is 0.262. The lowest BCUT2D eigenvalue weighted by atomic mass is 9.85. The van der Waals surface area contributed by atoms with Crippen LogP contribution in [0.2, 0.25) is 0 Å². The molecular weight excluding hydrogens is 162 g/mol. The average molecular weight is 185 g/mol. The van der Waals surface area contributed by atoms with Crippen molar-refractivity contribution < 1.29 is 5.11 Å². The molecule has 1 fully saturated rings. The third-order valence-corrected chi connectivity index (χ3v) is 2.81. The SMILES string of the molecule is CC(C)(C)C(CCO)NCC1CC1. The maximum Gasteiger partial charge on any atom is 0.0446 e. The van der Waals surface area contributed by atoms with Crippen molar-refractivity contribution in [3.8, 4) is 0 Å². The molecule has 0 radical (unpaired) electrons. The van der Waals surface area contributed by atoms with Gasteiger partial charge in [0.2, 0.25) is 0 Å². The van der Waals surface area contributed by atoms with Crippen LogP contribution in [0.4, 0.5) is 0 Å². The van der Waals surface area contributed by atoms with Gasteiger partial charge in [0.25, 0.3) is 0 Å². The molecule has 2 heteroatoms. The maximum atomic E-state index is 8.94. The second-order valence-electron chi connectivity index (χ2n) is 5.28. The molecule has 1 rings (SSSR count). The summed E-state index contributed by atoms with van der Waals surface area (Å²) in [7, 11) is 0. The van der Waals surface area contributed by atoms with Crippen molar-refractivity contribution in [1.29, 1.82) is 0 Å². The van der Waals surface area contributed by atoms with Crippen molar-refractivity contribution in [1.82, 2.24) is 5.32 Å². The molecule has 0 aromatic carbocycles. The Labute approximate surface area is 81.7 Å². The Bertz CT molecular complexity index is 147. The van der Waals surface area contributed by atoms with Crippen LogP contribution in [0.1, 0.15) is 40.0 Å². The van der Waals surface area contributed by atoms with Gasteiger partial charge in [-0.1, -0.05) is 20.8 Å². The standard InChI is InChI=1S/C11H23NO/c1-11(2,3)10(6-7-13)12-8-9-4-5-9/h9-10,12-13H,4-8H2,1-3H3. The number of nitrogens with one attached hydrogen (secondary N) is 1. The minimum atomic E-state index is 0.262. The van der Waals surface area contributed by atoms with E-state index in [1.165, 1.54) is 12.8 Å². The fourth-order valence-electron chi connectivity index (χ4n) is 1.60. The minimum Gasteiger partial charge on any atom is -0.396 e. The molecule has 13 heavy (non-hydrogen) atoms. The Morgan fingerprint density at radius 1 is 1.38 bits per heavy atom. The molecule has 0 aliphatic heterocycles. The molecule has 2 nitrogen and oxygen atoms in total. The first-order valence-corrected chi connectivity index (χ1v) is 5.38. The van der Waals surface area contributed by atoms with Crippen LogP contribution in [0.25, 0.3) is 0 Å². The lowest BCUT2D eigenvalue weighted by molar-refractivity contribution is 0.196. The first-order valence-electron chi connectivity index (χ1n) is 5.38. The van der Waals surface area contributed by atoms with E-state index >= 15 is 0 Å². The topological polar surface area (TPSA) is 32.3 Å². The van der Waals surface area contributed by atoms with E-state index in [-0.39, 0.29) is 5.41 Å². The van der Waals surface area contributed by atoms with E-state index in [9.17, 15) is 0 Å². The van der Waals surface area contributed by atoms with E-state index in [0.717, 1.165) is 18.9 Å². The zero-order valence-electron chi connectivity index (χ0n) is 9.14. The van der Waals surface area contributed by atoms with Gasteiger partial charge in [-0.25, -0.2) is 0 Å². The van der Waals surface area contributed by atoms with E-state index in [0.29, 0.717) is 12.6 Å². The molecular formula is C11H23NO. The Morgan fingerprint density at radius 3 is 2.38 bits per heavy atom. The first-order chi connectivity index (χ1) is 6.04. The average Bonchev–Trinajstić information content (AvgIpc) is 2.78. The van der Waals surface area contributed by atoms with Crippen molar-refractivity contribution in [3.63, 3.8) is 0 Å². The van der Waals surface area contributed by atoms with Gasteiger partial charge in [0.1, 0.15) is 0 Å². The van der Waals surface area contributed by atoms with Crippen molar-refractivity contribution in [2.45, 2.75) is 46.1 Å². The fraction of sp³-hybridized carbons (Fsp3) is 1.00. The number of aliphatic hydroxyl groups is 1. The Balaban J connectivity index is 2.27. The molecule has 0 spiro atoms. The fourth-order valence-corrected chi connectivity index (χ4v) is 1.60. The number of aliphatic hydroxyl groups excluding tert-OH is 1. The highest BCUT2D eigenvalue weighted by molar-refractivity contribution is 4.83. The molecule has 78 valence electrons. The van der Waals surface area contributed by atoms with E-state index in [1.807, 2.05) is 0 Å². The van der Waals surface area contributed by atoms with E-state index < -0.39 is 0 Å². The van der Waals surface area contributed by atoms with Gasteiger partial charge in [-0.3, -0.25) is 0 Å². The molecule has 1 saturated carbocycles. The number of hydrogen-bond donors (Lipinski definition) is 2. The molecule has 0 aromatic rings. The largest absolute Gasteiger partial charge is 0.396 e. The van der Waals surface area contributed by atoms with E-state index in [1.54, 1.807) is 0 Å². The third kappa shape index (κ3) is 4.10. The van der Waals surface area contributed by atoms with Crippen LogP contribution in [-0.4, -0.2) is 24.3 Å². The molecule has 1 aliphatic carbocycles. The van der Waals surface area contributed by atoms with Crippen molar-refractivity contribution in [2.75, 3.05) is 13.2 Å². The predicted molar refractivity (Wildman–Crippen MR) is 55.7 cm³/mol. The maximum absolute atomic E-state index is 8.94. The molecule has 0 amide bonds. The van der Waals surface area contributed by atoms with Gasteiger partial charge in [0.15, 0.2) is 0 Å². The van der Waals surface area contributed by atoms with Crippen LogP contribution in [0.3, 0.4) is 0 Å². The van der Waals surface area contributed by atoms with Crippen molar-refractivity contribution >= 4 is 0 Å². The molecule has 1 aliphatic rings. The summed E-state index contributed by atoms with van der Waals surface area (Å²) in [6, 6.07) is 0.457. The van der Waals surface area contributed by atoms with Gasteiger partial charge in [0.05, 0.1) is 0 Å². The molecule has 0 saturated heterocycles. The van der Waals surface area contributed by atoms with Gasteiger partial charge in [-0.15, -0.1) is 0 Å². The summed E-state index contributed by atoms with van der Waals surface area (Å²) in [5.74, 6) is 0.920. The highest BCUT2D eigenvalue weighted by Crippen LogP contribution is 2.29. The zero-order valence-corrected chi connectivity index (χ0v) is 9.14. The second kappa shape index (κ2) is 4.43.